The quantitative estimate of drug-likeness (QED) is 0.673. The van der Waals surface area contributed by atoms with Gasteiger partial charge in [-0.3, -0.25) is 4.79 Å². The van der Waals surface area contributed by atoms with E-state index in [1.165, 1.54) is 6.07 Å². The number of benzene rings is 1. The predicted octanol–water partition coefficient (Wildman–Crippen LogP) is 3.39. The molecule has 0 aliphatic rings. The molecule has 0 saturated heterocycles. The number of aromatic nitrogens is 1. The van der Waals surface area contributed by atoms with Gasteiger partial charge in [-0.2, -0.15) is 4.98 Å². The average molecular weight is 276 g/mol. The van der Waals surface area contributed by atoms with Crippen molar-refractivity contribution < 1.29 is 9.15 Å². The van der Waals surface area contributed by atoms with E-state index in [2.05, 4.69) is 4.98 Å². The van der Waals surface area contributed by atoms with Gasteiger partial charge in [0, 0.05) is 0 Å². The van der Waals surface area contributed by atoms with Gasteiger partial charge in [0.2, 0.25) is 17.0 Å². The second-order valence-electron chi connectivity index (χ2n) is 3.99. The van der Waals surface area contributed by atoms with Gasteiger partial charge >= 0.3 is 0 Å². The van der Waals surface area contributed by atoms with Gasteiger partial charge in [-0.15, -0.1) is 0 Å². The van der Waals surface area contributed by atoms with Crippen LogP contribution in [0.3, 0.4) is 0 Å². The lowest BCUT2D eigenvalue weighted by atomic mass is 10.2. The maximum absolute atomic E-state index is 12.3. The number of hydrogen-bond acceptors (Lipinski definition) is 4. The summed E-state index contributed by atoms with van der Waals surface area (Å²) in [7, 11) is 0. The maximum atomic E-state index is 12.3. The van der Waals surface area contributed by atoms with Gasteiger partial charge in [0.15, 0.2) is 0 Å². The van der Waals surface area contributed by atoms with E-state index in [0.29, 0.717) is 28.0 Å². The van der Waals surface area contributed by atoms with E-state index in [9.17, 15) is 4.79 Å². The summed E-state index contributed by atoms with van der Waals surface area (Å²) >= 11 is 6.04. The van der Waals surface area contributed by atoms with Crippen LogP contribution in [0.15, 0.2) is 39.5 Å². The molecule has 0 aliphatic heterocycles. The minimum atomic E-state index is -0.144. The Labute approximate surface area is 113 Å². The Morgan fingerprint density at radius 2 is 2.11 bits per heavy atom. The number of hydrogen-bond donors (Lipinski definition) is 0. The van der Waals surface area contributed by atoms with Gasteiger partial charge in [-0.05, 0) is 25.1 Å². The highest BCUT2D eigenvalue weighted by Gasteiger charge is 2.12. The molecule has 96 valence electrons. The van der Waals surface area contributed by atoms with E-state index in [4.69, 9.17) is 20.8 Å². The van der Waals surface area contributed by atoms with Crippen LogP contribution in [0.1, 0.15) is 6.92 Å². The first kappa shape index (κ1) is 12.0. The number of pyridine rings is 1. The fraction of sp³-hybridized carbons (Fsp3) is 0.143. The van der Waals surface area contributed by atoms with Crippen LogP contribution < -0.4 is 10.2 Å². The number of nitrogens with zero attached hydrogens (tertiary/aromatic N) is 1. The summed E-state index contributed by atoms with van der Waals surface area (Å²) in [6.07, 6.45) is 0. The summed E-state index contributed by atoms with van der Waals surface area (Å²) in [5.41, 5.74) is 0.586. The lowest BCUT2D eigenvalue weighted by Crippen LogP contribution is -2.04. The zero-order chi connectivity index (χ0) is 13.4. The van der Waals surface area contributed by atoms with Crippen LogP contribution in [0.5, 0.6) is 5.88 Å². The molecule has 0 unspecified atom stereocenters. The SMILES string of the molecule is CCOc1nc2oc3ccccc3c(=O)c2cc1Cl. The van der Waals surface area contributed by atoms with E-state index < -0.39 is 0 Å². The molecule has 4 nitrogen and oxygen atoms in total. The number of para-hydroxylation sites is 1. The van der Waals surface area contributed by atoms with Crippen molar-refractivity contribution in [1.82, 2.24) is 4.98 Å². The number of halogens is 1. The van der Waals surface area contributed by atoms with Crippen LogP contribution in [-0.4, -0.2) is 11.6 Å². The molecule has 2 aromatic heterocycles. The summed E-state index contributed by atoms with van der Waals surface area (Å²) in [6, 6.07) is 8.57. The smallest absolute Gasteiger partial charge is 0.235 e. The van der Waals surface area contributed by atoms with Crippen LogP contribution in [0, 0.1) is 0 Å². The molecule has 0 radical (unpaired) electrons. The molecule has 0 bridgehead atoms. The zero-order valence-electron chi connectivity index (χ0n) is 10.1. The summed E-state index contributed by atoms with van der Waals surface area (Å²) in [5, 5.41) is 1.17. The molecule has 3 aromatic rings. The molecule has 0 aliphatic carbocycles. The van der Waals surface area contributed by atoms with Gasteiger partial charge < -0.3 is 9.15 Å². The number of ether oxygens (including phenoxy) is 1. The van der Waals surface area contributed by atoms with Crippen molar-refractivity contribution in [2.24, 2.45) is 0 Å². The van der Waals surface area contributed by atoms with Gasteiger partial charge in [-0.1, -0.05) is 23.7 Å². The lowest BCUT2D eigenvalue weighted by molar-refractivity contribution is 0.327. The molecule has 19 heavy (non-hydrogen) atoms. The Morgan fingerprint density at radius 3 is 2.89 bits per heavy atom. The molecule has 0 atom stereocenters. The van der Waals surface area contributed by atoms with Crippen molar-refractivity contribution in [3.05, 3.63) is 45.6 Å². The third-order valence-electron chi connectivity index (χ3n) is 2.77. The molecule has 1 aromatic carbocycles. The molecular weight excluding hydrogens is 266 g/mol. The van der Waals surface area contributed by atoms with E-state index in [-0.39, 0.29) is 17.0 Å². The van der Waals surface area contributed by atoms with Crippen molar-refractivity contribution in [2.45, 2.75) is 6.92 Å². The highest BCUT2D eigenvalue weighted by molar-refractivity contribution is 6.32. The third-order valence-corrected chi connectivity index (χ3v) is 3.04. The number of rotatable bonds is 2. The largest absolute Gasteiger partial charge is 0.477 e. The summed E-state index contributed by atoms with van der Waals surface area (Å²) in [6.45, 7) is 2.27. The lowest BCUT2D eigenvalue weighted by Gasteiger charge is -2.06. The molecule has 3 rings (SSSR count). The van der Waals surface area contributed by atoms with Crippen molar-refractivity contribution in [3.63, 3.8) is 0 Å². The normalized spacial score (nSPS) is 11.1. The van der Waals surface area contributed by atoms with Crippen LogP contribution in [0.2, 0.25) is 5.02 Å². The van der Waals surface area contributed by atoms with Crippen LogP contribution in [-0.2, 0) is 0 Å². The monoisotopic (exact) mass is 275 g/mol. The first-order valence-corrected chi connectivity index (χ1v) is 6.23. The van der Waals surface area contributed by atoms with E-state index in [0.717, 1.165) is 0 Å². The minimum Gasteiger partial charge on any atom is -0.477 e. The Kier molecular flexibility index (Phi) is 2.87. The van der Waals surface area contributed by atoms with Crippen LogP contribution in [0.25, 0.3) is 22.1 Å². The van der Waals surface area contributed by atoms with Gasteiger partial charge in [0.1, 0.15) is 10.6 Å². The molecule has 2 heterocycles. The summed E-state index contributed by atoms with van der Waals surface area (Å²) in [4.78, 5) is 16.5. The molecule has 0 fully saturated rings. The molecule has 0 spiro atoms. The van der Waals surface area contributed by atoms with Gasteiger partial charge in [-0.25, -0.2) is 0 Å². The number of fused-ring (bicyclic) bond motifs is 2. The third kappa shape index (κ3) is 1.94. The Balaban J connectivity index is 2.41. The maximum Gasteiger partial charge on any atom is 0.235 e. The standard InChI is InChI=1S/C14H10ClNO3/c1-2-18-14-10(15)7-9-12(17)8-5-3-4-6-11(8)19-13(9)16-14/h3-7H,2H2,1H3. The first-order valence-electron chi connectivity index (χ1n) is 5.85. The average Bonchev–Trinajstić information content (AvgIpc) is 2.41. The first-order chi connectivity index (χ1) is 9.20. The molecular formula is C14H10ClNO3. The van der Waals surface area contributed by atoms with Crippen molar-refractivity contribution >= 4 is 33.7 Å². The Morgan fingerprint density at radius 1 is 1.32 bits per heavy atom. The van der Waals surface area contributed by atoms with E-state index in [1.54, 1.807) is 24.3 Å². The van der Waals surface area contributed by atoms with E-state index >= 15 is 0 Å². The van der Waals surface area contributed by atoms with Crippen molar-refractivity contribution in [1.29, 1.82) is 0 Å². The summed E-state index contributed by atoms with van der Waals surface area (Å²) < 4.78 is 10.9. The predicted molar refractivity (Wildman–Crippen MR) is 74.0 cm³/mol. The van der Waals surface area contributed by atoms with Gasteiger partial charge in [0.25, 0.3) is 0 Å². The summed E-state index contributed by atoms with van der Waals surface area (Å²) in [5.74, 6) is 0.273. The highest BCUT2D eigenvalue weighted by atomic mass is 35.5. The van der Waals surface area contributed by atoms with Crippen molar-refractivity contribution in [3.8, 4) is 5.88 Å². The fourth-order valence-electron chi connectivity index (χ4n) is 1.93. The van der Waals surface area contributed by atoms with Crippen LogP contribution >= 0.6 is 11.6 Å². The molecule has 5 heteroatoms. The van der Waals surface area contributed by atoms with E-state index in [1.807, 2.05) is 6.92 Å². The Bertz CT molecular complexity index is 826. The second-order valence-corrected chi connectivity index (χ2v) is 4.40. The molecule has 0 N–H and O–H groups in total. The van der Waals surface area contributed by atoms with Gasteiger partial charge in [0.05, 0.1) is 17.4 Å². The molecule has 0 saturated carbocycles. The zero-order valence-corrected chi connectivity index (χ0v) is 10.9. The molecule has 0 amide bonds. The fourth-order valence-corrected chi connectivity index (χ4v) is 2.13. The highest BCUT2D eigenvalue weighted by Crippen LogP contribution is 2.27. The second kappa shape index (κ2) is 4.55. The topological polar surface area (TPSA) is 52.3 Å². The Hall–Kier alpha value is -2.07. The van der Waals surface area contributed by atoms with Crippen molar-refractivity contribution in [2.75, 3.05) is 6.61 Å². The minimum absolute atomic E-state index is 0.144. The van der Waals surface area contributed by atoms with Crippen LogP contribution in [0.4, 0.5) is 0 Å².